The van der Waals surface area contributed by atoms with Crippen molar-refractivity contribution in [1.82, 2.24) is 18.5 Å². The highest BCUT2D eigenvalue weighted by atomic mass is 32.2. The van der Waals surface area contributed by atoms with Crippen LogP contribution in [-0.2, 0) is 21.5 Å². The molecule has 3 aromatic rings. The highest BCUT2D eigenvalue weighted by Crippen LogP contribution is 2.46. The lowest BCUT2D eigenvalue weighted by molar-refractivity contribution is -0.128. The average Bonchev–Trinajstić information content (AvgIpc) is 3.19. The summed E-state index contributed by atoms with van der Waals surface area (Å²) in [5.74, 6) is -0.229. The van der Waals surface area contributed by atoms with Crippen molar-refractivity contribution in [2.75, 3.05) is 27.2 Å². The molecule has 8 nitrogen and oxygen atoms in total. The maximum Gasteiger partial charge on any atom is 0.303 e. The minimum absolute atomic E-state index is 0.0689. The summed E-state index contributed by atoms with van der Waals surface area (Å²) in [6.07, 6.45) is 11.0. The molecule has 1 N–H and O–H groups in total. The van der Waals surface area contributed by atoms with Gasteiger partial charge in [-0.25, -0.2) is 4.72 Å². The molecular formula is C32H38N4O4S. The summed E-state index contributed by atoms with van der Waals surface area (Å²) < 4.78 is 30.2. The zero-order valence-electron chi connectivity index (χ0n) is 23.9. The van der Waals surface area contributed by atoms with Gasteiger partial charge in [-0.15, -0.1) is 0 Å². The number of amides is 2. The standard InChI is InChI=1S/C32H38N4O4S/c1-34(2)41(39,40)33-31(37)24-15-16-27-28(20-24)36-21-25(32(38)35-17-9-4-10-18-35)19-23-13-7-8-14-26(23)30(36)29(27)22-11-5-3-6-12-22/h7-8,13-16,19-20,22H,3-6,9-12,17-18,21H2,1-2H3,(H,33,37). The van der Waals surface area contributed by atoms with E-state index in [2.05, 4.69) is 27.5 Å². The van der Waals surface area contributed by atoms with Crippen LogP contribution in [-0.4, -0.2) is 61.2 Å². The lowest BCUT2D eigenvalue weighted by Crippen LogP contribution is -2.39. The molecule has 6 rings (SSSR count). The summed E-state index contributed by atoms with van der Waals surface area (Å²) in [7, 11) is -1.18. The molecule has 0 spiro atoms. The van der Waals surface area contributed by atoms with Gasteiger partial charge in [-0.2, -0.15) is 12.7 Å². The summed E-state index contributed by atoms with van der Waals surface area (Å²) >= 11 is 0. The molecule has 2 amide bonds. The second kappa shape index (κ2) is 11.1. The van der Waals surface area contributed by atoms with Gasteiger partial charge in [0.05, 0.1) is 12.2 Å². The lowest BCUT2D eigenvalue weighted by Gasteiger charge is -2.28. The Labute approximate surface area is 242 Å². The number of likely N-dealkylation sites (tertiary alicyclic amines) is 1. The number of hydrogen-bond donors (Lipinski definition) is 1. The number of hydrogen-bond acceptors (Lipinski definition) is 4. The number of nitrogens with one attached hydrogen (secondary N) is 1. The molecule has 2 aliphatic heterocycles. The van der Waals surface area contributed by atoms with Gasteiger partial charge < -0.3 is 9.47 Å². The third-order valence-electron chi connectivity index (χ3n) is 8.87. The predicted molar refractivity (Wildman–Crippen MR) is 162 cm³/mol. The minimum Gasteiger partial charge on any atom is -0.339 e. The fraction of sp³-hybridized carbons (Fsp3) is 0.438. The topological polar surface area (TPSA) is 91.7 Å². The normalized spacial score (nSPS) is 18.0. The average molecular weight is 575 g/mol. The van der Waals surface area contributed by atoms with Gasteiger partial charge in [-0.05, 0) is 67.4 Å². The van der Waals surface area contributed by atoms with E-state index < -0.39 is 16.1 Å². The van der Waals surface area contributed by atoms with E-state index in [9.17, 15) is 18.0 Å². The summed E-state index contributed by atoms with van der Waals surface area (Å²) in [6, 6.07) is 13.8. The van der Waals surface area contributed by atoms with E-state index in [-0.39, 0.29) is 11.5 Å². The van der Waals surface area contributed by atoms with Crippen molar-refractivity contribution in [1.29, 1.82) is 0 Å². The number of carbonyl (C=O) groups is 2. The Morgan fingerprint density at radius 2 is 1.63 bits per heavy atom. The van der Waals surface area contributed by atoms with Crippen molar-refractivity contribution in [3.8, 4) is 11.3 Å². The Hall–Kier alpha value is -3.43. The van der Waals surface area contributed by atoms with Gasteiger partial charge in [-0.1, -0.05) is 49.6 Å². The SMILES string of the molecule is CN(C)S(=O)(=O)NC(=O)c1ccc2c(C3CCCCC3)c3n(c2c1)CC(C(=O)N1CCCCC1)=Cc1ccccc1-3. The monoisotopic (exact) mass is 574 g/mol. The van der Waals surface area contributed by atoms with E-state index in [1.165, 1.54) is 38.9 Å². The molecule has 1 saturated carbocycles. The molecule has 1 aliphatic carbocycles. The van der Waals surface area contributed by atoms with Crippen LogP contribution in [0.4, 0.5) is 0 Å². The highest BCUT2D eigenvalue weighted by Gasteiger charge is 2.31. The van der Waals surface area contributed by atoms with Crippen molar-refractivity contribution in [3.63, 3.8) is 0 Å². The fourth-order valence-corrected chi connectivity index (χ4v) is 7.25. The van der Waals surface area contributed by atoms with Crippen LogP contribution >= 0.6 is 0 Å². The molecule has 1 saturated heterocycles. The minimum atomic E-state index is -3.94. The number of rotatable bonds is 5. The maximum absolute atomic E-state index is 13.9. The van der Waals surface area contributed by atoms with Gasteiger partial charge in [-0.3, -0.25) is 9.59 Å². The molecule has 2 fully saturated rings. The molecule has 216 valence electrons. The van der Waals surface area contributed by atoms with Crippen LogP contribution in [0.2, 0.25) is 0 Å². The highest BCUT2D eigenvalue weighted by molar-refractivity contribution is 7.87. The van der Waals surface area contributed by atoms with Crippen LogP contribution in [0.25, 0.3) is 28.2 Å². The van der Waals surface area contributed by atoms with E-state index in [4.69, 9.17) is 0 Å². The van der Waals surface area contributed by atoms with E-state index in [1.54, 1.807) is 12.1 Å². The number of nitrogens with zero attached hydrogens (tertiary/aromatic N) is 3. The van der Waals surface area contributed by atoms with Crippen molar-refractivity contribution >= 4 is 39.0 Å². The van der Waals surface area contributed by atoms with Crippen molar-refractivity contribution in [3.05, 3.63) is 64.7 Å². The van der Waals surface area contributed by atoms with E-state index >= 15 is 0 Å². The maximum atomic E-state index is 13.9. The first-order valence-corrected chi connectivity index (χ1v) is 16.2. The number of aromatic nitrogens is 1. The second-order valence-electron chi connectivity index (χ2n) is 11.7. The van der Waals surface area contributed by atoms with E-state index in [0.29, 0.717) is 12.5 Å². The van der Waals surface area contributed by atoms with Crippen LogP contribution in [0.3, 0.4) is 0 Å². The van der Waals surface area contributed by atoms with E-state index in [1.807, 2.05) is 23.1 Å². The van der Waals surface area contributed by atoms with Gasteiger partial charge in [0.1, 0.15) is 0 Å². The lowest BCUT2D eigenvalue weighted by atomic mass is 9.81. The number of benzene rings is 2. The Kier molecular flexibility index (Phi) is 7.50. The van der Waals surface area contributed by atoms with Crippen molar-refractivity contribution in [2.24, 2.45) is 0 Å². The first kappa shape index (κ1) is 27.7. The number of carbonyl (C=O) groups excluding carboxylic acids is 2. The second-order valence-corrected chi connectivity index (χ2v) is 13.6. The predicted octanol–water partition coefficient (Wildman–Crippen LogP) is 5.30. The van der Waals surface area contributed by atoms with Crippen LogP contribution in [0.5, 0.6) is 0 Å². The molecule has 3 heterocycles. The molecule has 1 aromatic heterocycles. The summed E-state index contributed by atoms with van der Waals surface area (Å²) in [6.45, 7) is 1.94. The molecule has 0 unspecified atom stereocenters. The molecule has 0 atom stereocenters. The van der Waals surface area contributed by atoms with Gasteiger partial charge in [0.2, 0.25) is 0 Å². The first-order valence-electron chi connectivity index (χ1n) is 14.7. The molecule has 9 heteroatoms. The van der Waals surface area contributed by atoms with Crippen molar-refractivity contribution < 1.29 is 18.0 Å². The quantitative estimate of drug-likeness (QED) is 0.448. The smallest absolute Gasteiger partial charge is 0.303 e. The third-order valence-corrected chi connectivity index (χ3v) is 10.3. The first-order chi connectivity index (χ1) is 19.7. The Balaban J connectivity index is 1.54. The zero-order valence-corrected chi connectivity index (χ0v) is 24.7. The van der Waals surface area contributed by atoms with Crippen LogP contribution in [0, 0.1) is 0 Å². The van der Waals surface area contributed by atoms with Gasteiger partial charge in [0, 0.05) is 54.8 Å². The molecule has 3 aliphatic rings. The number of fused-ring (bicyclic) bond motifs is 5. The molecular weight excluding hydrogens is 536 g/mol. The van der Waals surface area contributed by atoms with E-state index in [0.717, 1.165) is 82.8 Å². The van der Waals surface area contributed by atoms with Crippen LogP contribution in [0.15, 0.2) is 48.0 Å². The Morgan fingerprint density at radius 3 is 2.37 bits per heavy atom. The van der Waals surface area contributed by atoms with Gasteiger partial charge >= 0.3 is 10.2 Å². The van der Waals surface area contributed by atoms with Crippen LogP contribution < -0.4 is 4.72 Å². The third kappa shape index (κ3) is 5.21. The molecule has 2 aromatic carbocycles. The van der Waals surface area contributed by atoms with Crippen molar-refractivity contribution in [2.45, 2.75) is 63.8 Å². The number of piperidine rings is 1. The molecule has 0 bridgehead atoms. The summed E-state index contributed by atoms with van der Waals surface area (Å²) in [5, 5.41) is 1.07. The largest absolute Gasteiger partial charge is 0.339 e. The van der Waals surface area contributed by atoms with Gasteiger partial charge in [0.25, 0.3) is 11.8 Å². The summed E-state index contributed by atoms with van der Waals surface area (Å²) in [4.78, 5) is 29.0. The molecule has 41 heavy (non-hydrogen) atoms. The summed E-state index contributed by atoms with van der Waals surface area (Å²) in [5.41, 5.74) is 6.36. The Bertz CT molecular complexity index is 1640. The molecule has 0 radical (unpaired) electrons. The zero-order chi connectivity index (χ0) is 28.7. The van der Waals surface area contributed by atoms with Gasteiger partial charge in [0.15, 0.2) is 0 Å². The Morgan fingerprint density at radius 1 is 0.927 bits per heavy atom. The fourth-order valence-electron chi connectivity index (χ4n) is 6.72. The van der Waals surface area contributed by atoms with Crippen LogP contribution in [0.1, 0.15) is 78.8 Å².